The van der Waals surface area contributed by atoms with E-state index in [0.29, 0.717) is 24.9 Å². The van der Waals surface area contributed by atoms with Gasteiger partial charge in [0.25, 0.3) is 5.69 Å². The summed E-state index contributed by atoms with van der Waals surface area (Å²) in [5.41, 5.74) is 0.204. The molecule has 1 unspecified atom stereocenters. The lowest BCUT2D eigenvalue weighted by Crippen LogP contribution is -2.50. The smallest absolute Gasteiger partial charge is 0.312 e. The molecule has 27 heavy (non-hydrogen) atoms. The first-order valence-electron chi connectivity index (χ1n) is 9.37. The van der Waals surface area contributed by atoms with Gasteiger partial charge in [-0.25, -0.2) is 0 Å². The van der Waals surface area contributed by atoms with Crippen molar-refractivity contribution >= 4 is 23.3 Å². The van der Waals surface area contributed by atoms with Crippen molar-refractivity contribution in [3.63, 3.8) is 0 Å². The summed E-state index contributed by atoms with van der Waals surface area (Å²) in [6.07, 6.45) is 6.13. The molecular formula is C19H23N3O5. The van der Waals surface area contributed by atoms with Crippen molar-refractivity contribution in [2.75, 3.05) is 6.54 Å². The number of ketones is 1. The fourth-order valence-electron chi connectivity index (χ4n) is 3.85. The lowest BCUT2D eigenvalue weighted by Gasteiger charge is -2.26. The van der Waals surface area contributed by atoms with Crippen LogP contribution < -0.4 is 5.32 Å². The molecule has 1 atom stereocenters. The van der Waals surface area contributed by atoms with Gasteiger partial charge in [0, 0.05) is 30.3 Å². The maximum atomic E-state index is 12.8. The van der Waals surface area contributed by atoms with Gasteiger partial charge in [0.2, 0.25) is 0 Å². The van der Waals surface area contributed by atoms with Crippen LogP contribution in [0.1, 0.15) is 55.3 Å². The van der Waals surface area contributed by atoms with Crippen LogP contribution in [0, 0.1) is 10.1 Å². The number of nitrogens with one attached hydrogen (secondary N) is 1. The van der Waals surface area contributed by atoms with Gasteiger partial charge in [0.1, 0.15) is 0 Å². The van der Waals surface area contributed by atoms with E-state index in [9.17, 15) is 24.5 Å². The molecule has 0 aromatic heterocycles. The van der Waals surface area contributed by atoms with Crippen LogP contribution in [0.4, 0.5) is 5.69 Å². The normalized spacial score (nSPS) is 20.3. The Kier molecular flexibility index (Phi) is 5.83. The minimum atomic E-state index is -0.698. The van der Waals surface area contributed by atoms with E-state index in [0.717, 1.165) is 32.1 Å². The molecule has 1 aromatic carbocycles. The van der Waals surface area contributed by atoms with Crippen LogP contribution in [-0.4, -0.2) is 46.0 Å². The van der Waals surface area contributed by atoms with Crippen molar-refractivity contribution in [3.8, 4) is 0 Å². The van der Waals surface area contributed by atoms with Gasteiger partial charge in [0.15, 0.2) is 5.78 Å². The summed E-state index contributed by atoms with van der Waals surface area (Å²) >= 11 is 0. The number of carbonyl (C=O) groups is 3. The number of nitro benzene ring substituents is 1. The van der Waals surface area contributed by atoms with Crippen molar-refractivity contribution in [2.24, 2.45) is 0 Å². The van der Waals surface area contributed by atoms with Crippen LogP contribution in [0.2, 0.25) is 0 Å². The summed E-state index contributed by atoms with van der Waals surface area (Å²) in [5.74, 6) is -1.61. The second kappa shape index (κ2) is 8.28. The van der Waals surface area contributed by atoms with Gasteiger partial charge in [-0.3, -0.25) is 24.5 Å². The zero-order chi connectivity index (χ0) is 19.4. The highest BCUT2D eigenvalue weighted by Crippen LogP contribution is 2.23. The van der Waals surface area contributed by atoms with E-state index in [1.165, 1.54) is 29.2 Å². The Morgan fingerprint density at radius 2 is 1.67 bits per heavy atom. The average molecular weight is 373 g/mol. The molecule has 0 radical (unpaired) electrons. The molecule has 8 nitrogen and oxygen atoms in total. The van der Waals surface area contributed by atoms with Gasteiger partial charge >= 0.3 is 11.8 Å². The number of hydrogen-bond donors (Lipinski definition) is 1. The molecule has 8 heteroatoms. The number of hydrogen-bond acceptors (Lipinski definition) is 5. The molecule has 2 fully saturated rings. The third kappa shape index (κ3) is 4.32. The molecule has 3 rings (SSSR count). The predicted octanol–water partition coefficient (Wildman–Crippen LogP) is 2.22. The SMILES string of the molecule is O=C(NC1CCCCC1)C(=O)N1CCCC1C(=O)c1ccc([N+](=O)[O-])cc1. The molecule has 1 aliphatic heterocycles. The molecular weight excluding hydrogens is 350 g/mol. The third-order valence-corrected chi connectivity index (χ3v) is 5.31. The molecule has 0 bridgehead atoms. The minimum Gasteiger partial charge on any atom is -0.345 e. The summed E-state index contributed by atoms with van der Waals surface area (Å²) in [6.45, 7) is 0.361. The number of benzene rings is 1. The average Bonchev–Trinajstić information content (AvgIpc) is 3.17. The van der Waals surface area contributed by atoms with E-state index in [4.69, 9.17) is 0 Å². The lowest BCUT2D eigenvalue weighted by molar-refractivity contribution is -0.384. The number of Topliss-reactive ketones (excluding diaryl/α,β-unsaturated/α-hetero) is 1. The molecule has 1 heterocycles. The zero-order valence-electron chi connectivity index (χ0n) is 15.1. The molecule has 1 aromatic rings. The van der Waals surface area contributed by atoms with Gasteiger partial charge in [-0.05, 0) is 37.8 Å². The topological polar surface area (TPSA) is 110 Å². The number of carbonyl (C=O) groups excluding carboxylic acids is 3. The highest BCUT2D eigenvalue weighted by Gasteiger charge is 2.37. The van der Waals surface area contributed by atoms with Crippen LogP contribution in [0.3, 0.4) is 0 Å². The zero-order valence-corrected chi connectivity index (χ0v) is 15.1. The standard InChI is InChI=1S/C19H23N3O5/c23-17(13-8-10-15(11-9-13)22(26)27)16-7-4-12-21(16)19(25)18(24)20-14-5-2-1-3-6-14/h8-11,14,16H,1-7,12H2,(H,20,24). The first-order valence-corrected chi connectivity index (χ1v) is 9.37. The Hall–Kier alpha value is -2.77. The van der Waals surface area contributed by atoms with Crippen molar-refractivity contribution < 1.29 is 19.3 Å². The maximum Gasteiger partial charge on any atom is 0.312 e. The van der Waals surface area contributed by atoms with E-state index in [1.807, 2.05) is 0 Å². The first kappa shape index (κ1) is 19.0. The fraction of sp³-hybridized carbons (Fsp3) is 0.526. The predicted molar refractivity (Wildman–Crippen MR) is 97.2 cm³/mol. The van der Waals surface area contributed by atoms with E-state index >= 15 is 0 Å². The second-order valence-corrected chi connectivity index (χ2v) is 7.13. The molecule has 2 aliphatic rings. The highest BCUT2D eigenvalue weighted by molar-refractivity contribution is 6.35. The van der Waals surface area contributed by atoms with Crippen LogP contribution in [-0.2, 0) is 9.59 Å². The number of rotatable bonds is 4. The number of nitro groups is 1. The van der Waals surface area contributed by atoms with Gasteiger partial charge in [-0.15, -0.1) is 0 Å². The Morgan fingerprint density at radius 1 is 1.00 bits per heavy atom. The Labute approximate surface area is 157 Å². The van der Waals surface area contributed by atoms with Crippen LogP contribution in [0.15, 0.2) is 24.3 Å². The van der Waals surface area contributed by atoms with Crippen LogP contribution in [0.25, 0.3) is 0 Å². The number of likely N-dealkylation sites (tertiary alicyclic amines) is 1. The molecule has 2 amide bonds. The minimum absolute atomic E-state index is 0.0293. The van der Waals surface area contributed by atoms with Gasteiger partial charge < -0.3 is 10.2 Å². The molecule has 1 N–H and O–H groups in total. The van der Waals surface area contributed by atoms with Gasteiger partial charge in [-0.2, -0.15) is 0 Å². The summed E-state index contributed by atoms with van der Waals surface area (Å²) in [6, 6.07) is 4.65. The monoisotopic (exact) mass is 373 g/mol. The van der Waals surface area contributed by atoms with Crippen molar-refractivity contribution in [1.82, 2.24) is 10.2 Å². The van der Waals surface area contributed by atoms with Crippen molar-refractivity contribution in [1.29, 1.82) is 0 Å². The molecule has 144 valence electrons. The fourth-order valence-corrected chi connectivity index (χ4v) is 3.85. The van der Waals surface area contributed by atoms with E-state index in [2.05, 4.69) is 5.32 Å². The second-order valence-electron chi connectivity index (χ2n) is 7.13. The number of non-ortho nitro benzene ring substituents is 1. The summed E-state index contributed by atoms with van der Waals surface area (Å²) < 4.78 is 0. The quantitative estimate of drug-likeness (QED) is 0.377. The largest absolute Gasteiger partial charge is 0.345 e. The molecule has 1 saturated carbocycles. The summed E-state index contributed by atoms with van der Waals surface area (Å²) in [7, 11) is 0. The van der Waals surface area contributed by atoms with Crippen molar-refractivity contribution in [3.05, 3.63) is 39.9 Å². The van der Waals surface area contributed by atoms with E-state index in [-0.39, 0.29) is 17.5 Å². The van der Waals surface area contributed by atoms with Gasteiger partial charge in [0.05, 0.1) is 11.0 Å². The van der Waals surface area contributed by atoms with E-state index < -0.39 is 22.8 Å². The van der Waals surface area contributed by atoms with Crippen LogP contribution >= 0.6 is 0 Å². The molecule has 0 spiro atoms. The maximum absolute atomic E-state index is 12.8. The van der Waals surface area contributed by atoms with E-state index in [1.54, 1.807) is 0 Å². The number of amides is 2. The Balaban J connectivity index is 1.66. The first-order chi connectivity index (χ1) is 13.0. The molecule has 1 saturated heterocycles. The highest BCUT2D eigenvalue weighted by atomic mass is 16.6. The Morgan fingerprint density at radius 3 is 2.30 bits per heavy atom. The number of nitrogens with zero attached hydrogens (tertiary/aromatic N) is 2. The molecule has 1 aliphatic carbocycles. The van der Waals surface area contributed by atoms with Crippen LogP contribution in [0.5, 0.6) is 0 Å². The van der Waals surface area contributed by atoms with Crippen molar-refractivity contribution in [2.45, 2.75) is 57.0 Å². The summed E-state index contributed by atoms with van der Waals surface area (Å²) in [4.78, 5) is 49.2. The third-order valence-electron chi connectivity index (χ3n) is 5.31. The lowest BCUT2D eigenvalue weighted by atomic mass is 9.95. The summed E-state index contributed by atoms with van der Waals surface area (Å²) in [5, 5.41) is 13.5. The van der Waals surface area contributed by atoms with Gasteiger partial charge in [-0.1, -0.05) is 19.3 Å². The Bertz CT molecular complexity index is 740.